The van der Waals surface area contributed by atoms with Gasteiger partial charge in [0.25, 0.3) is 0 Å². The summed E-state index contributed by atoms with van der Waals surface area (Å²) in [4.78, 5) is 19.1. The summed E-state index contributed by atoms with van der Waals surface area (Å²) < 4.78 is 0. The lowest BCUT2D eigenvalue weighted by molar-refractivity contribution is -0.133. The van der Waals surface area contributed by atoms with Crippen LogP contribution in [0.25, 0.3) is 10.6 Å². The standard InChI is InChI=1S/C18H23N3OS/c1-3-14-4-6-15(7-5-14)18-20-16(12-23-18)10-17(22)21-9-8-19-11-13(21)2/h4-7,12-13,19H,3,8-11H2,1-2H3/t13-/m0/s1. The van der Waals surface area contributed by atoms with Gasteiger partial charge in [0.2, 0.25) is 5.91 Å². The van der Waals surface area contributed by atoms with Gasteiger partial charge in [0.1, 0.15) is 5.01 Å². The largest absolute Gasteiger partial charge is 0.337 e. The van der Waals surface area contributed by atoms with Gasteiger partial charge in [-0.05, 0) is 18.9 Å². The molecule has 0 radical (unpaired) electrons. The van der Waals surface area contributed by atoms with E-state index in [4.69, 9.17) is 0 Å². The average molecular weight is 329 g/mol. The fourth-order valence-corrected chi connectivity index (χ4v) is 3.70. The van der Waals surface area contributed by atoms with Crippen molar-refractivity contribution in [2.75, 3.05) is 19.6 Å². The molecule has 1 amide bonds. The maximum absolute atomic E-state index is 12.5. The summed E-state index contributed by atoms with van der Waals surface area (Å²) in [5.74, 6) is 0.178. The minimum Gasteiger partial charge on any atom is -0.337 e. The van der Waals surface area contributed by atoms with Crippen molar-refractivity contribution in [2.45, 2.75) is 32.7 Å². The van der Waals surface area contributed by atoms with Crippen molar-refractivity contribution < 1.29 is 4.79 Å². The van der Waals surface area contributed by atoms with E-state index in [2.05, 4.69) is 48.4 Å². The Hall–Kier alpha value is -1.72. The van der Waals surface area contributed by atoms with Crippen LogP contribution in [0.3, 0.4) is 0 Å². The number of aromatic nitrogens is 1. The number of nitrogens with zero attached hydrogens (tertiary/aromatic N) is 2. The number of carbonyl (C=O) groups excluding carboxylic acids is 1. The van der Waals surface area contributed by atoms with Crippen LogP contribution in [0.1, 0.15) is 25.1 Å². The lowest BCUT2D eigenvalue weighted by Crippen LogP contribution is -2.52. The van der Waals surface area contributed by atoms with Gasteiger partial charge in [-0.2, -0.15) is 0 Å². The van der Waals surface area contributed by atoms with Crippen molar-refractivity contribution in [1.82, 2.24) is 15.2 Å². The zero-order chi connectivity index (χ0) is 16.2. The van der Waals surface area contributed by atoms with Crippen molar-refractivity contribution in [1.29, 1.82) is 0 Å². The van der Waals surface area contributed by atoms with Crippen LogP contribution in [0.2, 0.25) is 0 Å². The zero-order valence-corrected chi connectivity index (χ0v) is 14.5. The SMILES string of the molecule is CCc1ccc(-c2nc(CC(=O)N3CCNC[C@@H]3C)cs2)cc1. The number of hydrogen-bond donors (Lipinski definition) is 1. The molecule has 0 aliphatic carbocycles. The molecule has 2 aromatic rings. The Kier molecular flexibility index (Phi) is 5.08. The van der Waals surface area contributed by atoms with Crippen LogP contribution < -0.4 is 5.32 Å². The first-order chi connectivity index (χ1) is 11.2. The van der Waals surface area contributed by atoms with Crippen LogP contribution in [0, 0.1) is 0 Å². The van der Waals surface area contributed by atoms with Gasteiger partial charge < -0.3 is 10.2 Å². The lowest BCUT2D eigenvalue weighted by Gasteiger charge is -2.33. The second kappa shape index (κ2) is 7.23. The first-order valence-electron chi connectivity index (χ1n) is 8.21. The normalized spacial score (nSPS) is 18.2. The van der Waals surface area contributed by atoms with E-state index in [1.54, 1.807) is 11.3 Å². The minimum absolute atomic E-state index is 0.178. The molecular weight excluding hydrogens is 306 g/mol. The molecule has 0 bridgehead atoms. The Balaban J connectivity index is 1.67. The van der Waals surface area contributed by atoms with E-state index in [1.807, 2.05) is 10.3 Å². The highest BCUT2D eigenvalue weighted by atomic mass is 32.1. The molecular formula is C18H23N3OS. The van der Waals surface area contributed by atoms with Gasteiger partial charge in [0, 0.05) is 36.6 Å². The molecule has 1 aromatic carbocycles. The van der Waals surface area contributed by atoms with Gasteiger partial charge in [-0.1, -0.05) is 31.2 Å². The van der Waals surface area contributed by atoms with Gasteiger partial charge in [0.15, 0.2) is 0 Å². The average Bonchev–Trinajstić information content (AvgIpc) is 3.03. The number of rotatable bonds is 4. The van der Waals surface area contributed by atoms with Gasteiger partial charge in [-0.15, -0.1) is 11.3 Å². The summed E-state index contributed by atoms with van der Waals surface area (Å²) in [7, 11) is 0. The van der Waals surface area contributed by atoms with Crippen LogP contribution in [-0.4, -0.2) is 41.5 Å². The minimum atomic E-state index is 0.178. The molecule has 0 spiro atoms. The Morgan fingerprint density at radius 2 is 2.17 bits per heavy atom. The summed E-state index contributed by atoms with van der Waals surface area (Å²) in [6, 6.07) is 8.77. The quantitative estimate of drug-likeness (QED) is 0.938. The predicted octanol–water partition coefficient (Wildman–Crippen LogP) is 2.74. The molecule has 1 atom stereocenters. The highest BCUT2D eigenvalue weighted by Gasteiger charge is 2.23. The first-order valence-corrected chi connectivity index (χ1v) is 9.09. The van der Waals surface area contributed by atoms with Crippen LogP contribution in [0.15, 0.2) is 29.6 Å². The second-order valence-electron chi connectivity index (χ2n) is 6.01. The zero-order valence-electron chi connectivity index (χ0n) is 13.7. The molecule has 1 aliphatic heterocycles. The lowest BCUT2D eigenvalue weighted by atomic mass is 10.1. The van der Waals surface area contributed by atoms with E-state index in [0.717, 1.165) is 42.3 Å². The molecule has 2 heterocycles. The highest BCUT2D eigenvalue weighted by Crippen LogP contribution is 2.24. The monoisotopic (exact) mass is 329 g/mol. The number of piperazine rings is 1. The number of hydrogen-bond acceptors (Lipinski definition) is 4. The molecule has 3 rings (SSSR count). The van der Waals surface area contributed by atoms with Crippen LogP contribution >= 0.6 is 11.3 Å². The van der Waals surface area contributed by atoms with E-state index in [1.165, 1.54) is 5.56 Å². The van der Waals surface area contributed by atoms with Crippen molar-refractivity contribution in [3.05, 3.63) is 40.9 Å². The fraction of sp³-hybridized carbons (Fsp3) is 0.444. The number of nitrogens with one attached hydrogen (secondary N) is 1. The molecule has 4 nitrogen and oxygen atoms in total. The van der Waals surface area contributed by atoms with Crippen LogP contribution in [-0.2, 0) is 17.6 Å². The van der Waals surface area contributed by atoms with Gasteiger partial charge in [-0.3, -0.25) is 4.79 Å². The Morgan fingerprint density at radius 3 is 2.87 bits per heavy atom. The second-order valence-corrected chi connectivity index (χ2v) is 6.87. The molecule has 1 aromatic heterocycles. The third-order valence-electron chi connectivity index (χ3n) is 4.31. The topological polar surface area (TPSA) is 45.2 Å². The molecule has 122 valence electrons. The van der Waals surface area contributed by atoms with E-state index in [9.17, 15) is 4.79 Å². The van der Waals surface area contributed by atoms with E-state index in [-0.39, 0.29) is 11.9 Å². The van der Waals surface area contributed by atoms with Crippen LogP contribution in [0.4, 0.5) is 0 Å². The molecule has 5 heteroatoms. The molecule has 0 unspecified atom stereocenters. The molecule has 1 fully saturated rings. The molecule has 1 saturated heterocycles. The van der Waals surface area contributed by atoms with Crippen molar-refractivity contribution in [3.63, 3.8) is 0 Å². The summed E-state index contributed by atoms with van der Waals surface area (Å²) in [5.41, 5.74) is 3.33. The summed E-state index contributed by atoms with van der Waals surface area (Å²) in [5, 5.41) is 6.31. The Bertz CT molecular complexity index is 665. The van der Waals surface area contributed by atoms with Crippen molar-refractivity contribution in [3.8, 4) is 10.6 Å². The number of aryl methyl sites for hydroxylation is 1. The van der Waals surface area contributed by atoms with Gasteiger partial charge in [-0.25, -0.2) is 4.98 Å². The Labute approximate surface area is 141 Å². The number of benzene rings is 1. The van der Waals surface area contributed by atoms with Crippen molar-refractivity contribution in [2.24, 2.45) is 0 Å². The summed E-state index contributed by atoms with van der Waals surface area (Å²) in [6.07, 6.45) is 1.44. The van der Waals surface area contributed by atoms with E-state index < -0.39 is 0 Å². The first kappa shape index (κ1) is 16.1. The smallest absolute Gasteiger partial charge is 0.228 e. The molecule has 0 saturated carbocycles. The third kappa shape index (κ3) is 3.79. The van der Waals surface area contributed by atoms with E-state index >= 15 is 0 Å². The Morgan fingerprint density at radius 1 is 1.39 bits per heavy atom. The maximum Gasteiger partial charge on any atom is 0.228 e. The number of carbonyl (C=O) groups is 1. The summed E-state index contributed by atoms with van der Waals surface area (Å²) >= 11 is 1.61. The van der Waals surface area contributed by atoms with Gasteiger partial charge in [0.05, 0.1) is 12.1 Å². The van der Waals surface area contributed by atoms with Gasteiger partial charge >= 0.3 is 0 Å². The summed E-state index contributed by atoms with van der Waals surface area (Å²) in [6.45, 7) is 6.78. The number of thiazole rings is 1. The maximum atomic E-state index is 12.5. The molecule has 1 N–H and O–H groups in total. The molecule has 23 heavy (non-hydrogen) atoms. The van der Waals surface area contributed by atoms with Crippen LogP contribution in [0.5, 0.6) is 0 Å². The van der Waals surface area contributed by atoms with Crippen molar-refractivity contribution >= 4 is 17.2 Å². The highest BCUT2D eigenvalue weighted by molar-refractivity contribution is 7.13. The molecule has 1 aliphatic rings. The predicted molar refractivity (Wildman–Crippen MR) is 94.7 cm³/mol. The third-order valence-corrected chi connectivity index (χ3v) is 5.26. The van der Waals surface area contributed by atoms with E-state index in [0.29, 0.717) is 6.42 Å². The number of amides is 1. The fourth-order valence-electron chi connectivity index (χ4n) is 2.87.